The van der Waals surface area contributed by atoms with E-state index in [0.717, 1.165) is 0 Å². The standard InChI is InChI=1S/C30H29N5O5/c1-30(2,3)40-29(37)35-16-14-22(15-17-35)33-27(36)25-12-13-26(38-23-8-4-20(18-31)5-9-23)34-28(25)39-24-10-6-21(19-32)7-11-24/h4-13,22H,14-17H2,1-3H3,(H,33,36). The van der Waals surface area contributed by atoms with Gasteiger partial charge in [-0.05, 0) is 88.2 Å². The van der Waals surface area contributed by atoms with E-state index in [1.807, 2.05) is 20.8 Å². The Balaban J connectivity index is 1.49. The molecule has 0 atom stereocenters. The number of piperidine rings is 1. The Hall–Kier alpha value is -5.09. The van der Waals surface area contributed by atoms with E-state index in [2.05, 4.69) is 22.4 Å². The summed E-state index contributed by atoms with van der Waals surface area (Å²) >= 11 is 0. The molecule has 4 rings (SSSR count). The van der Waals surface area contributed by atoms with Gasteiger partial charge in [0.15, 0.2) is 0 Å². The monoisotopic (exact) mass is 539 g/mol. The average Bonchev–Trinajstić information content (AvgIpc) is 2.93. The number of benzene rings is 2. The fourth-order valence-corrected chi connectivity index (χ4v) is 3.95. The first-order chi connectivity index (χ1) is 19.1. The first kappa shape index (κ1) is 27.9. The van der Waals surface area contributed by atoms with Crippen LogP contribution in [0, 0.1) is 22.7 Å². The molecule has 1 N–H and O–H groups in total. The lowest BCUT2D eigenvalue weighted by molar-refractivity contribution is 0.0199. The van der Waals surface area contributed by atoms with Gasteiger partial charge in [-0.25, -0.2) is 4.79 Å². The zero-order valence-electron chi connectivity index (χ0n) is 22.5. The molecule has 10 nitrogen and oxygen atoms in total. The summed E-state index contributed by atoms with van der Waals surface area (Å²) in [5.41, 5.74) is 0.588. The summed E-state index contributed by atoms with van der Waals surface area (Å²) in [6.45, 7) is 6.40. The van der Waals surface area contributed by atoms with Crippen molar-refractivity contribution in [2.45, 2.75) is 45.3 Å². The van der Waals surface area contributed by atoms with Crippen molar-refractivity contribution in [1.29, 1.82) is 10.5 Å². The van der Waals surface area contributed by atoms with Crippen LogP contribution in [0.3, 0.4) is 0 Å². The number of ether oxygens (including phenoxy) is 3. The molecule has 1 aliphatic heterocycles. The molecule has 0 unspecified atom stereocenters. The summed E-state index contributed by atoms with van der Waals surface area (Å²) in [7, 11) is 0. The fraction of sp³-hybridized carbons (Fsp3) is 0.300. The molecule has 3 aromatic rings. The van der Waals surface area contributed by atoms with E-state index >= 15 is 0 Å². The smallest absolute Gasteiger partial charge is 0.410 e. The fourth-order valence-electron chi connectivity index (χ4n) is 3.95. The Morgan fingerprint density at radius 1 is 0.875 bits per heavy atom. The van der Waals surface area contributed by atoms with Crippen LogP contribution in [-0.4, -0.2) is 46.6 Å². The molecule has 40 heavy (non-hydrogen) atoms. The molecule has 0 saturated carbocycles. The van der Waals surface area contributed by atoms with Crippen molar-refractivity contribution in [2.24, 2.45) is 0 Å². The van der Waals surface area contributed by atoms with Gasteiger partial charge < -0.3 is 24.4 Å². The third kappa shape index (κ3) is 7.49. The van der Waals surface area contributed by atoms with Crippen molar-refractivity contribution >= 4 is 12.0 Å². The molecule has 0 radical (unpaired) electrons. The second kappa shape index (κ2) is 12.2. The lowest BCUT2D eigenvalue weighted by atomic mass is 10.0. The predicted octanol–water partition coefficient (Wildman–Crippen LogP) is 5.54. The lowest BCUT2D eigenvalue weighted by Gasteiger charge is -2.33. The van der Waals surface area contributed by atoms with Crippen molar-refractivity contribution in [1.82, 2.24) is 15.2 Å². The molecule has 204 valence electrons. The number of hydrogen-bond acceptors (Lipinski definition) is 8. The molecule has 0 spiro atoms. The molecular formula is C30H29N5O5. The second-order valence-electron chi connectivity index (χ2n) is 10.2. The van der Waals surface area contributed by atoms with Crippen LogP contribution in [-0.2, 0) is 4.74 Å². The molecule has 10 heteroatoms. The van der Waals surface area contributed by atoms with Crippen molar-refractivity contribution < 1.29 is 23.8 Å². The van der Waals surface area contributed by atoms with Crippen LogP contribution in [0.1, 0.15) is 55.1 Å². The van der Waals surface area contributed by atoms with Gasteiger partial charge in [0.1, 0.15) is 22.7 Å². The van der Waals surface area contributed by atoms with Crippen molar-refractivity contribution in [3.63, 3.8) is 0 Å². The van der Waals surface area contributed by atoms with E-state index in [1.54, 1.807) is 65.6 Å². The maximum absolute atomic E-state index is 13.3. The molecule has 0 bridgehead atoms. The maximum Gasteiger partial charge on any atom is 0.410 e. The molecule has 2 heterocycles. The van der Waals surface area contributed by atoms with Crippen LogP contribution < -0.4 is 14.8 Å². The minimum atomic E-state index is -0.573. The highest BCUT2D eigenvalue weighted by Crippen LogP contribution is 2.29. The van der Waals surface area contributed by atoms with Crippen LogP contribution >= 0.6 is 0 Å². The van der Waals surface area contributed by atoms with E-state index in [0.29, 0.717) is 48.6 Å². The topological polar surface area (TPSA) is 138 Å². The number of carbonyl (C=O) groups excluding carboxylic acids is 2. The highest BCUT2D eigenvalue weighted by Gasteiger charge is 2.28. The van der Waals surface area contributed by atoms with Crippen LogP contribution in [0.25, 0.3) is 0 Å². The van der Waals surface area contributed by atoms with Crippen molar-refractivity contribution in [3.8, 4) is 35.4 Å². The Morgan fingerprint density at radius 3 is 1.95 bits per heavy atom. The molecule has 1 aliphatic rings. The Kier molecular flexibility index (Phi) is 8.51. The van der Waals surface area contributed by atoms with E-state index in [4.69, 9.17) is 24.7 Å². The van der Waals surface area contributed by atoms with Gasteiger partial charge >= 0.3 is 6.09 Å². The molecule has 1 saturated heterocycles. The Morgan fingerprint density at radius 2 is 1.43 bits per heavy atom. The van der Waals surface area contributed by atoms with Gasteiger partial charge in [0.2, 0.25) is 11.8 Å². The summed E-state index contributed by atoms with van der Waals surface area (Å²) in [4.78, 5) is 31.8. The third-order valence-electron chi connectivity index (χ3n) is 5.96. The summed E-state index contributed by atoms with van der Waals surface area (Å²) < 4.78 is 17.2. The van der Waals surface area contributed by atoms with Gasteiger partial charge in [-0.3, -0.25) is 4.79 Å². The number of aromatic nitrogens is 1. The lowest BCUT2D eigenvalue weighted by Crippen LogP contribution is -2.47. The van der Waals surface area contributed by atoms with Gasteiger partial charge in [0.05, 0.1) is 23.3 Å². The number of amides is 2. The largest absolute Gasteiger partial charge is 0.444 e. The number of carbonyl (C=O) groups is 2. The third-order valence-corrected chi connectivity index (χ3v) is 5.96. The highest BCUT2D eigenvalue weighted by atomic mass is 16.6. The zero-order chi connectivity index (χ0) is 28.7. The summed E-state index contributed by atoms with van der Waals surface area (Å²) in [6, 6.07) is 20.0. The van der Waals surface area contributed by atoms with Crippen LogP contribution in [0.5, 0.6) is 23.3 Å². The van der Waals surface area contributed by atoms with E-state index in [9.17, 15) is 9.59 Å². The van der Waals surface area contributed by atoms with Crippen LogP contribution in [0.15, 0.2) is 60.7 Å². The number of nitrogens with one attached hydrogen (secondary N) is 1. The minimum Gasteiger partial charge on any atom is -0.444 e. The molecule has 0 aliphatic carbocycles. The second-order valence-corrected chi connectivity index (χ2v) is 10.2. The molecule has 2 amide bonds. The summed E-state index contributed by atoms with van der Waals surface area (Å²) in [5, 5.41) is 21.1. The minimum absolute atomic E-state index is 0.0274. The number of pyridine rings is 1. The molecule has 1 fully saturated rings. The number of likely N-dealkylation sites (tertiary alicyclic amines) is 1. The molecule has 1 aromatic heterocycles. The van der Waals surface area contributed by atoms with Crippen LogP contribution in [0.2, 0.25) is 0 Å². The normalized spacial score (nSPS) is 13.5. The highest BCUT2D eigenvalue weighted by molar-refractivity contribution is 5.96. The maximum atomic E-state index is 13.3. The molecule has 2 aromatic carbocycles. The Bertz CT molecular complexity index is 1440. The van der Waals surface area contributed by atoms with Gasteiger partial charge in [0.25, 0.3) is 5.91 Å². The first-order valence-electron chi connectivity index (χ1n) is 12.8. The number of nitrogens with zero attached hydrogens (tertiary/aromatic N) is 4. The zero-order valence-corrected chi connectivity index (χ0v) is 22.5. The number of hydrogen-bond donors (Lipinski definition) is 1. The van der Waals surface area contributed by atoms with Crippen molar-refractivity contribution in [2.75, 3.05) is 13.1 Å². The summed E-state index contributed by atoms with van der Waals surface area (Å²) in [6.07, 6.45) is 0.784. The van der Waals surface area contributed by atoms with E-state index in [-0.39, 0.29) is 35.4 Å². The number of nitriles is 2. The average molecular weight is 540 g/mol. The number of rotatable bonds is 6. The first-order valence-corrected chi connectivity index (χ1v) is 12.8. The van der Waals surface area contributed by atoms with Gasteiger partial charge in [-0.1, -0.05) is 0 Å². The molecular weight excluding hydrogens is 510 g/mol. The van der Waals surface area contributed by atoms with E-state index in [1.165, 1.54) is 0 Å². The van der Waals surface area contributed by atoms with Gasteiger partial charge in [-0.2, -0.15) is 15.5 Å². The predicted molar refractivity (Wildman–Crippen MR) is 145 cm³/mol. The Labute approximate surface area is 232 Å². The van der Waals surface area contributed by atoms with Crippen molar-refractivity contribution in [3.05, 3.63) is 77.4 Å². The quantitative estimate of drug-likeness (QED) is 0.431. The van der Waals surface area contributed by atoms with Crippen LogP contribution in [0.4, 0.5) is 4.79 Å². The van der Waals surface area contributed by atoms with E-state index < -0.39 is 5.60 Å². The SMILES string of the molecule is CC(C)(C)OC(=O)N1CCC(NC(=O)c2ccc(Oc3ccc(C#N)cc3)nc2Oc2ccc(C#N)cc2)CC1. The summed E-state index contributed by atoms with van der Waals surface area (Å²) in [5.74, 6) is 0.693. The van der Waals surface area contributed by atoms with Gasteiger partial charge in [-0.15, -0.1) is 0 Å². The van der Waals surface area contributed by atoms with Gasteiger partial charge in [0, 0.05) is 25.2 Å².